The van der Waals surface area contributed by atoms with E-state index in [1.807, 2.05) is 55.5 Å². The summed E-state index contributed by atoms with van der Waals surface area (Å²) in [6.45, 7) is 2.49. The van der Waals surface area contributed by atoms with Gasteiger partial charge in [0.25, 0.3) is 0 Å². The lowest BCUT2D eigenvalue weighted by atomic mass is 10.0. The van der Waals surface area contributed by atoms with Gasteiger partial charge in [-0.05, 0) is 29.7 Å². The Hall–Kier alpha value is -2.29. The molecule has 0 bridgehead atoms. The van der Waals surface area contributed by atoms with Crippen molar-refractivity contribution in [3.8, 4) is 5.75 Å². The summed E-state index contributed by atoms with van der Waals surface area (Å²) in [5.41, 5.74) is 3.15. The molecule has 0 saturated heterocycles. The third kappa shape index (κ3) is 3.60. The normalized spacial score (nSPS) is 10.1. The van der Waals surface area contributed by atoms with Crippen LogP contribution in [-0.4, -0.2) is 13.0 Å². The minimum absolute atomic E-state index is 0.00772. The lowest BCUT2D eigenvalue weighted by Crippen LogP contribution is -2.20. The highest BCUT2D eigenvalue weighted by Crippen LogP contribution is 2.19. The molecule has 3 nitrogen and oxygen atoms in total. The number of aryl methyl sites for hydroxylation is 1. The molecule has 1 N–H and O–H groups in total. The fourth-order valence-corrected chi connectivity index (χ4v) is 2.01. The van der Waals surface area contributed by atoms with Crippen LogP contribution in [0.15, 0.2) is 48.5 Å². The maximum atomic E-state index is 11.5. The quantitative estimate of drug-likeness (QED) is 0.906. The van der Waals surface area contributed by atoms with E-state index in [4.69, 9.17) is 4.74 Å². The number of hydrogen-bond acceptors (Lipinski definition) is 2. The predicted molar refractivity (Wildman–Crippen MR) is 79.7 cm³/mol. The van der Waals surface area contributed by atoms with Gasteiger partial charge in [0.1, 0.15) is 12.4 Å². The first-order chi connectivity index (χ1) is 9.70. The van der Waals surface area contributed by atoms with E-state index >= 15 is 0 Å². The molecule has 0 fully saturated rings. The van der Waals surface area contributed by atoms with Gasteiger partial charge in [-0.1, -0.05) is 42.5 Å². The minimum Gasteiger partial charge on any atom is -0.489 e. The smallest absolute Gasteiger partial charge is 0.224 e. The number of likely N-dealkylation sites (N-methyl/N-ethyl adjacent to an activating group) is 1. The van der Waals surface area contributed by atoms with Gasteiger partial charge < -0.3 is 10.1 Å². The van der Waals surface area contributed by atoms with E-state index in [0.29, 0.717) is 13.0 Å². The van der Waals surface area contributed by atoms with E-state index in [1.54, 1.807) is 7.05 Å². The second-order valence-electron chi connectivity index (χ2n) is 4.67. The summed E-state index contributed by atoms with van der Waals surface area (Å²) >= 11 is 0. The van der Waals surface area contributed by atoms with Gasteiger partial charge in [0.2, 0.25) is 5.91 Å². The third-order valence-electron chi connectivity index (χ3n) is 3.23. The molecule has 0 aliphatic rings. The van der Waals surface area contributed by atoms with Crippen LogP contribution in [0.25, 0.3) is 0 Å². The Morgan fingerprint density at radius 3 is 2.40 bits per heavy atom. The summed E-state index contributed by atoms with van der Waals surface area (Å²) in [7, 11) is 1.65. The molecule has 2 aromatic rings. The van der Waals surface area contributed by atoms with Crippen LogP contribution < -0.4 is 10.1 Å². The van der Waals surface area contributed by atoms with Crippen LogP contribution in [0, 0.1) is 6.92 Å². The number of carbonyl (C=O) groups excluding carboxylic acids is 1. The number of rotatable bonds is 5. The Morgan fingerprint density at radius 2 is 1.70 bits per heavy atom. The van der Waals surface area contributed by atoms with Gasteiger partial charge in [0.05, 0.1) is 6.42 Å². The van der Waals surface area contributed by atoms with Gasteiger partial charge in [-0.2, -0.15) is 0 Å². The topological polar surface area (TPSA) is 38.3 Å². The number of ether oxygens (including phenoxy) is 1. The molecular weight excluding hydrogens is 250 g/mol. The van der Waals surface area contributed by atoms with Gasteiger partial charge >= 0.3 is 0 Å². The summed E-state index contributed by atoms with van der Waals surface area (Å²) in [6, 6.07) is 15.8. The SMILES string of the molecule is CNC(=O)Cc1ccccc1COc1ccccc1C. The zero-order valence-corrected chi connectivity index (χ0v) is 11.8. The molecule has 0 aliphatic carbocycles. The Labute approximate surface area is 119 Å². The van der Waals surface area contributed by atoms with Crippen molar-refractivity contribution < 1.29 is 9.53 Å². The number of amides is 1. The summed E-state index contributed by atoms with van der Waals surface area (Å²) in [5.74, 6) is 0.885. The van der Waals surface area contributed by atoms with Crippen molar-refractivity contribution in [3.63, 3.8) is 0 Å². The summed E-state index contributed by atoms with van der Waals surface area (Å²) < 4.78 is 5.85. The maximum Gasteiger partial charge on any atom is 0.224 e. The van der Waals surface area contributed by atoms with Gasteiger partial charge in [-0.3, -0.25) is 4.79 Å². The summed E-state index contributed by atoms with van der Waals surface area (Å²) in [5, 5.41) is 2.64. The van der Waals surface area contributed by atoms with Gasteiger partial charge in [0.15, 0.2) is 0 Å². The van der Waals surface area contributed by atoms with E-state index in [1.165, 1.54) is 0 Å². The molecule has 0 heterocycles. The van der Waals surface area contributed by atoms with Crippen molar-refractivity contribution >= 4 is 5.91 Å². The largest absolute Gasteiger partial charge is 0.489 e. The molecular formula is C17H19NO2. The highest BCUT2D eigenvalue weighted by Gasteiger charge is 2.07. The number of nitrogens with one attached hydrogen (secondary N) is 1. The molecule has 1 amide bonds. The van der Waals surface area contributed by atoms with Gasteiger partial charge in [0, 0.05) is 7.05 Å². The van der Waals surface area contributed by atoms with Crippen LogP contribution in [0.5, 0.6) is 5.75 Å². The molecule has 0 radical (unpaired) electrons. The van der Waals surface area contributed by atoms with Crippen molar-refractivity contribution in [2.24, 2.45) is 0 Å². The highest BCUT2D eigenvalue weighted by molar-refractivity contribution is 5.78. The van der Waals surface area contributed by atoms with Crippen LogP contribution >= 0.6 is 0 Å². The fourth-order valence-electron chi connectivity index (χ4n) is 2.01. The second-order valence-corrected chi connectivity index (χ2v) is 4.67. The predicted octanol–water partition coefficient (Wildman–Crippen LogP) is 2.86. The van der Waals surface area contributed by atoms with E-state index < -0.39 is 0 Å². The average Bonchev–Trinajstić information content (AvgIpc) is 2.47. The number of hydrogen-bond donors (Lipinski definition) is 1. The van der Waals surface area contributed by atoms with Crippen molar-refractivity contribution in [3.05, 3.63) is 65.2 Å². The highest BCUT2D eigenvalue weighted by atomic mass is 16.5. The third-order valence-corrected chi connectivity index (χ3v) is 3.23. The van der Waals surface area contributed by atoms with Crippen LogP contribution in [0.1, 0.15) is 16.7 Å². The molecule has 20 heavy (non-hydrogen) atoms. The first kappa shape index (κ1) is 14.1. The van der Waals surface area contributed by atoms with Crippen LogP contribution in [0.3, 0.4) is 0 Å². The Morgan fingerprint density at radius 1 is 1.05 bits per heavy atom. The van der Waals surface area contributed by atoms with E-state index in [-0.39, 0.29) is 5.91 Å². The second kappa shape index (κ2) is 6.75. The monoisotopic (exact) mass is 269 g/mol. The molecule has 0 unspecified atom stereocenters. The molecule has 0 saturated carbocycles. The first-order valence-corrected chi connectivity index (χ1v) is 6.66. The molecule has 104 valence electrons. The lowest BCUT2D eigenvalue weighted by molar-refractivity contribution is -0.119. The van der Waals surface area contributed by atoms with Crippen LogP contribution in [0.2, 0.25) is 0 Å². The number of benzene rings is 2. The van der Waals surface area contributed by atoms with Crippen molar-refractivity contribution in [2.75, 3.05) is 7.05 Å². The van der Waals surface area contributed by atoms with Crippen molar-refractivity contribution in [2.45, 2.75) is 20.0 Å². The lowest BCUT2D eigenvalue weighted by Gasteiger charge is -2.12. The Bertz CT molecular complexity index is 593. The molecule has 3 heteroatoms. The summed E-state index contributed by atoms with van der Waals surface area (Å²) in [6.07, 6.45) is 0.379. The molecule has 2 rings (SSSR count). The Balaban J connectivity index is 2.10. The van der Waals surface area contributed by atoms with Crippen molar-refractivity contribution in [1.82, 2.24) is 5.32 Å². The number of para-hydroxylation sites is 1. The summed E-state index contributed by atoms with van der Waals surface area (Å²) in [4.78, 5) is 11.5. The zero-order chi connectivity index (χ0) is 14.4. The van der Waals surface area contributed by atoms with Crippen LogP contribution in [-0.2, 0) is 17.8 Å². The number of carbonyl (C=O) groups is 1. The zero-order valence-electron chi connectivity index (χ0n) is 11.8. The van der Waals surface area contributed by atoms with E-state index in [0.717, 1.165) is 22.4 Å². The standard InChI is InChI=1S/C17H19NO2/c1-13-7-3-6-10-16(13)20-12-15-9-5-4-8-14(15)11-17(19)18-2/h3-10H,11-12H2,1-2H3,(H,18,19). The van der Waals surface area contributed by atoms with E-state index in [2.05, 4.69) is 5.32 Å². The molecule has 0 atom stereocenters. The van der Waals surface area contributed by atoms with Crippen LogP contribution in [0.4, 0.5) is 0 Å². The first-order valence-electron chi connectivity index (χ1n) is 6.66. The Kier molecular flexibility index (Phi) is 4.77. The molecule has 0 spiro atoms. The fraction of sp³-hybridized carbons (Fsp3) is 0.235. The van der Waals surface area contributed by atoms with Crippen molar-refractivity contribution in [1.29, 1.82) is 0 Å². The average molecular weight is 269 g/mol. The minimum atomic E-state index is 0.00772. The molecule has 2 aromatic carbocycles. The van der Waals surface area contributed by atoms with E-state index in [9.17, 15) is 4.79 Å². The van der Waals surface area contributed by atoms with Gasteiger partial charge in [-0.15, -0.1) is 0 Å². The molecule has 0 aliphatic heterocycles. The maximum absolute atomic E-state index is 11.5. The molecule has 0 aromatic heterocycles. The van der Waals surface area contributed by atoms with Gasteiger partial charge in [-0.25, -0.2) is 0 Å².